The first-order valence-electron chi connectivity index (χ1n) is 7.25. The van der Waals surface area contributed by atoms with Crippen LogP contribution in [0.5, 0.6) is 0 Å². The molecule has 3 heteroatoms. The summed E-state index contributed by atoms with van der Waals surface area (Å²) in [5, 5.41) is 13.8. The number of rotatable bonds is 5. The topological polar surface area (TPSA) is 41.5 Å². The van der Waals surface area contributed by atoms with Crippen molar-refractivity contribution in [1.29, 1.82) is 0 Å². The molecule has 1 saturated heterocycles. The molecule has 0 amide bonds. The molecule has 3 nitrogen and oxygen atoms in total. The third-order valence-corrected chi connectivity index (χ3v) is 4.05. The number of hydrogen-bond acceptors (Lipinski definition) is 3. The molecule has 0 aromatic heterocycles. The van der Waals surface area contributed by atoms with E-state index in [0.717, 1.165) is 19.3 Å². The minimum absolute atomic E-state index is 0.262. The van der Waals surface area contributed by atoms with Gasteiger partial charge in [0, 0.05) is 38.6 Å². The van der Waals surface area contributed by atoms with Crippen molar-refractivity contribution in [1.82, 2.24) is 5.32 Å². The second-order valence-electron chi connectivity index (χ2n) is 5.53. The molecular formula is C16H25NO2. The van der Waals surface area contributed by atoms with Crippen molar-refractivity contribution < 1.29 is 9.84 Å². The quantitative estimate of drug-likeness (QED) is 0.857. The van der Waals surface area contributed by atoms with E-state index in [4.69, 9.17) is 4.74 Å². The van der Waals surface area contributed by atoms with Crippen molar-refractivity contribution >= 4 is 0 Å². The third-order valence-electron chi connectivity index (χ3n) is 4.05. The highest BCUT2D eigenvalue weighted by atomic mass is 16.5. The Labute approximate surface area is 116 Å². The molecule has 1 heterocycles. The molecule has 1 aromatic rings. The number of ether oxygens (including phenoxy) is 1. The van der Waals surface area contributed by atoms with Crippen LogP contribution in [-0.4, -0.2) is 30.5 Å². The van der Waals surface area contributed by atoms with E-state index in [-0.39, 0.29) is 6.04 Å². The van der Waals surface area contributed by atoms with E-state index < -0.39 is 5.60 Å². The number of nitrogens with one attached hydrogen (secondary N) is 1. The number of aryl methyl sites for hydroxylation is 1. The molecule has 1 atom stereocenters. The van der Waals surface area contributed by atoms with Gasteiger partial charge >= 0.3 is 0 Å². The molecule has 106 valence electrons. The van der Waals surface area contributed by atoms with Crippen LogP contribution in [0.15, 0.2) is 24.3 Å². The Kier molecular flexibility index (Phi) is 4.97. The smallest absolute Gasteiger partial charge is 0.0815 e. The van der Waals surface area contributed by atoms with Crippen molar-refractivity contribution in [2.75, 3.05) is 19.8 Å². The summed E-state index contributed by atoms with van der Waals surface area (Å²) in [5.74, 6) is 0. The lowest BCUT2D eigenvalue weighted by atomic mass is 9.93. The SMILES string of the molecule is CCc1ccc(C(C)NCC2(O)CCOCC2)cc1. The van der Waals surface area contributed by atoms with E-state index in [1.54, 1.807) is 0 Å². The van der Waals surface area contributed by atoms with E-state index in [2.05, 4.69) is 43.4 Å². The van der Waals surface area contributed by atoms with Crippen molar-refractivity contribution in [3.63, 3.8) is 0 Å². The first-order chi connectivity index (χ1) is 9.13. The molecule has 1 aliphatic rings. The van der Waals surface area contributed by atoms with E-state index in [9.17, 15) is 5.11 Å². The minimum Gasteiger partial charge on any atom is -0.388 e. The zero-order valence-electron chi connectivity index (χ0n) is 12.0. The highest BCUT2D eigenvalue weighted by Crippen LogP contribution is 2.21. The van der Waals surface area contributed by atoms with E-state index in [1.165, 1.54) is 11.1 Å². The highest BCUT2D eigenvalue weighted by molar-refractivity contribution is 5.24. The Morgan fingerprint density at radius 3 is 2.47 bits per heavy atom. The Hall–Kier alpha value is -0.900. The monoisotopic (exact) mass is 263 g/mol. The molecule has 2 N–H and O–H groups in total. The van der Waals surface area contributed by atoms with Crippen LogP contribution < -0.4 is 5.32 Å². The van der Waals surface area contributed by atoms with E-state index in [1.807, 2.05) is 0 Å². The molecule has 2 rings (SSSR count). The summed E-state index contributed by atoms with van der Waals surface area (Å²) in [6.45, 7) is 6.27. The van der Waals surface area contributed by atoms with Crippen molar-refractivity contribution in [2.45, 2.75) is 44.8 Å². The van der Waals surface area contributed by atoms with Gasteiger partial charge in [0.1, 0.15) is 0 Å². The van der Waals surface area contributed by atoms with Crippen molar-refractivity contribution in [3.8, 4) is 0 Å². The van der Waals surface area contributed by atoms with Crippen LogP contribution in [0, 0.1) is 0 Å². The molecule has 0 bridgehead atoms. The minimum atomic E-state index is -0.601. The van der Waals surface area contributed by atoms with Gasteiger partial charge in [-0.05, 0) is 24.5 Å². The van der Waals surface area contributed by atoms with Crippen LogP contribution in [0.25, 0.3) is 0 Å². The summed E-state index contributed by atoms with van der Waals surface area (Å²) in [6, 6.07) is 8.96. The second kappa shape index (κ2) is 6.51. The number of hydrogen-bond donors (Lipinski definition) is 2. The first-order valence-corrected chi connectivity index (χ1v) is 7.25. The Balaban J connectivity index is 1.87. The highest BCUT2D eigenvalue weighted by Gasteiger charge is 2.29. The van der Waals surface area contributed by atoms with Gasteiger partial charge in [-0.3, -0.25) is 0 Å². The summed E-state index contributed by atoms with van der Waals surface area (Å²) >= 11 is 0. The zero-order valence-corrected chi connectivity index (χ0v) is 12.0. The van der Waals surface area contributed by atoms with Crippen molar-refractivity contribution in [3.05, 3.63) is 35.4 Å². The summed E-state index contributed by atoms with van der Waals surface area (Å²) in [7, 11) is 0. The summed E-state index contributed by atoms with van der Waals surface area (Å²) in [5.41, 5.74) is 2.03. The maximum Gasteiger partial charge on any atom is 0.0815 e. The van der Waals surface area contributed by atoms with Gasteiger partial charge < -0.3 is 15.2 Å². The predicted octanol–water partition coefficient (Wildman–Crippen LogP) is 2.44. The van der Waals surface area contributed by atoms with Gasteiger partial charge in [0.2, 0.25) is 0 Å². The standard InChI is InChI=1S/C16H25NO2/c1-3-14-4-6-15(7-5-14)13(2)17-12-16(18)8-10-19-11-9-16/h4-7,13,17-18H,3,8-12H2,1-2H3. The summed E-state index contributed by atoms with van der Waals surface area (Å²) in [4.78, 5) is 0. The van der Waals surface area contributed by atoms with Gasteiger partial charge in [0.05, 0.1) is 5.60 Å². The predicted molar refractivity (Wildman–Crippen MR) is 77.2 cm³/mol. The van der Waals surface area contributed by atoms with Crippen LogP contribution in [0.3, 0.4) is 0 Å². The van der Waals surface area contributed by atoms with Crippen LogP contribution in [0.4, 0.5) is 0 Å². The average Bonchev–Trinajstić information content (AvgIpc) is 2.46. The lowest BCUT2D eigenvalue weighted by Gasteiger charge is -2.33. The van der Waals surface area contributed by atoms with Gasteiger partial charge in [-0.15, -0.1) is 0 Å². The number of benzene rings is 1. The lowest BCUT2D eigenvalue weighted by Crippen LogP contribution is -2.45. The van der Waals surface area contributed by atoms with Crippen LogP contribution in [-0.2, 0) is 11.2 Å². The summed E-state index contributed by atoms with van der Waals surface area (Å²) in [6.07, 6.45) is 2.52. The van der Waals surface area contributed by atoms with Crippen molar-refractivity contribution in [2.24, 2.45) is 0 Å². The van der Waals surface area contributed by atoms with Crippen LogP contribution >= 0.6 is 0 Å². The van der Waals surface area contributed by atoms with Crippen LogP contribution in [0.2, 0.25) is 0 Å². The molecule has 1 aromatic carbocycles. The fourth-order valence-corrected chi connectivity index (χ4v) is 2.43. The molecule has 0 saturated carbocycles. The molecule has 1 aliphatic heterocycles. The molecule has 0 aliphatic carbocycles. The van der Waals surface area contributed by atoms with Gasteiger partial charge in [-0.1, -0.05) is 31.2 Å². The molecule has 1 fully saturated rings. The fourth-order valence-electron chi connectivity index (χ4n) is 2.43. The Bertz CT molecular complexity index is 382. The maximum atomic E-state index is 10.4. The lowest BCUT2D eigenvalue weighted by molar-refractivity contribution is -0.0626. The van der Waals surface area contributed by atoms with Gasteiger partial charge in [-0.25, -0.2) is 0 Å². The van der Waals surface area contributed by atoms with Crippen LogP contribution in [0.1, 0.15) is 43.9 Å². The zero-order chi connectivity index (χ0) is 13.7. The Morgan fingerprint density at radius 1 is 1.26 bits per heavy atom. The number of aliphatic hydroxyl groups is 1. The average molecular weight is 263 g/mol. The molecular weight excluding hydrogens is 238 g/mol. The van der Waals surface area contributed by atoms with E-state index in [0.29, 0.717) is 19.8 Å². The molecule has 19 heavy (non-hydrogen) atoms. The summed E-state index contributed by atoms with van der Waals surface area (Å²) < 4.78 is 5.29. The third kappa shape index (κ3) is 4.03. The second-order valence-corrected chi connectivity index (χ2v) is 5.53. The molecule has 0 radical (unpaired) electrons. The largest absolute Gasteiger partial charge is 0.388 e. The van der Waals surface area contributed by atoms with Gasteiger partial charge in [0.15, 0.2) is 0 Å². The van der Waals surface area contributed by atoms with E-state index >= 15 is 0 Å². The Morgan fingerprint density at radius 2 is 1.89 bits per heavy atom. The van der Waals surface area contributed by atoms with Gasteiger partial charge in [-0.2, -0.15) is 0 Å². The molecule has 0 spiro atoms. The maximum absolute atomic E-state index is 10.4. The normalized spacial score (nSPS) is 20.2. The van der Waals surface area contributed by atoms with Gasteiger partial charge in [0.25, 0.3) is 0 Å². The molecule has 1 unspecified atom stereocenters. The first kappa shape index (κ1) is 14.5. The fraction of sp³-hybridized carbons (Fsp3) is 0.625.